The van der Waals surface area contributed by atoms with Gasteiger partial charge in [-0.2, -0.15) is 0 Å². The van der Waals surface area contributed by atoms with Crippen LogP contribution in [-0.4, -0.2) is 33.3 Å². The summed E-state index contributed by atoms with van der Waals surface area (Å²) in [6, 6.07) is 7.93. The third-order valence-electron chi connectivity index (χ3n) is 5.13. The standard InChI is InChI=1S/C18H23N5O2/c1-22-16(20-21-18(22)12-9-13(19)10-12)11-25-15-6-4-14(5-7-15)23-8-2-3-17(23)24/h4-7,12-13H,2-3,8-11,19H2,1H3. The van der Waals surface area contributed by atoms with E-state index in [0.29, 0.717) is 25.0 Å². The van der Waals surface area contributed by atoms with E-state index in [1.165, 1.54) is 0 Å². The number of aromatic nitrogens is 3. The Morgan fingerprint density at radius 3 is 2.64 bits per heavy atom. The number of carbonyl (C=O) groups is 1. The second-order valence-corrected chi connectivity index (χ2v) is 6.89. The molecule has 0 atom stereocenters. The van der Waals surface area contributed by atoms with Gasteiger partial charge in [0.1, 0.15) is 18.2 Å². The van der Waals surface area contributed by atoms with Gasteiger partial charge in [-0.1, -0.05) is 0 Å². The van der Waals surface area contributed by atoms with Crippen molar-refractivity contribution in [3.05, 3.63) is 35.9 Å². The molecular weight excluding hydrogens is 318 g/mol. The van der Waals surface area contributed by atoms with Gasteiger partial charge < -0.3 is 19.9 Å². The van der Waals surface area contributed by atoms with Gasteiger partial charge in [0.25, 0.3) is 0 Å². The fourth-order valence-corrected chi connectivity index (χ4v) is 3.52. The molecule has 2 aliphatic rings. The largest absolute Gasteiger partial charge is 0.486 e. The molecule has 1 saturated carbocycles. The first-order valence-corrected chi connectivity index (χ1v) is 8.79. The molecule has 2 N–H and O–H groups in total. The third kappa shape index (κ3) is 3.11. The maximum atomic E-state index is 11.8. The van der Waals surface area contributed by atoms with Gasteiger partial charge in [-0.3, -0.25) is 4.79 Å². The molecule has 2 fully saturated rings. The number of carbonyl (C=O) groups excluding carboxylic acids is 1. The van der Waals surface area contributed by atoms with Crippen LogP contribution in [0.25, 0.3) is 0 Å². The zero-order valence-corrected chi connectivity index (χ0v) is 14.4. The molecule has 2 heterocycles. The summed E-state index contributed by atoms with van der Waals surface area (Å²) in [5.41, 5.74) is 6.78. The van der Waals surface area contributed by atoms with Gasteiger partial charge in [0, 0.05) is 37.7 Å². The van der Waals surface area contributed by atoms with Gasteiger partial charge in [0.05, 0.1) is 0 Å². The minimum atomic E-state index is 0.191. The van der Waals surface area contributed by atoms with Crippen molar-refractivity contribution in [1.29, 1.82) is 0 Å². The van der Waals surface area contributed by atoms with Crippen LogP contribution in [-0.2, 0) is 18.4 Å². The molecule has 1 saturated heterocycles. The molecule has 4 rings (SSSR count). The lowest BCUT2D eigenvalue weighted by molar-refractivity contribution is -0.117. The van der Waals surface area contributed by atoms with Crippen molar-refractivity contribution < 1.29 is 9.53 Å². The van der Waals surface area contributed by atoms with Crippen molar-refractivity contribution in [1.82, 2.24) is 14.8 Å². The minimum absolute atomic E-state index is 0.191. The van der Waals surface area contributed by atoms with Crippen molar-refractivity contribution in [3.63, 3.8) is 0 Å². The molecule has 1 aliphatic carbocycles. The highest BCUT2D eigenvalue weighted by Crippen LogP contribution is 2.34. The lowest BCUT2D eigenvalue weighted by Crippen LogP contribution is -2.36. The number of anilines is 1. The Hall–Kier alpha value is -2.41. The van der Waals surface area contributed by atoms with Crippen LogP contribution in [0.5, 0.6) is 5.75 Å². The van der Waals surface area contributed by atoms with Crippen molar-refractivity contribution >= 4 is 11.6 Å². The number of amides is 1. The zero-order chi connectivity index (χ0) is 17.4. The maximum Gasteiger partial charge on any atom is 0.227 e. The van der Waals surface area contributed by atoms with E-state index in [1.54, 1.807) is 0 Å². The maximum absolute atomic E-state index is 11.8. The van der Waals surface area contributed by atoms with Gasteiger partial charge in [-0.15, -0.1) is 10.2 Å². The average Bonchev–Trinajstić information content (AvgIpc) is 3.17. The summed E-state index contributed by atoms with van der Waals surface area (Å²) in [5, 5.41) is 8.54. The Kier molecular flexibility index (Phi) is 4.17. The van der Waals surface area contributed by atoms with Gasteiger partial charge in [0.15, 0.2) is 5.82 Å². The van der Waals surface area contributed by atoms with Gasteiger partial charge >= 0.3 is 0 Å². The second-order valence-electron chi connectivity index (χ2n) is 6.89. The van der Waals surface area contributed by atoms with Crippen molar-refractivity contribution in [2.75, 3.05) is 11.4 Å². The van der Waals surface area contributed by atoms with Crippen LogP contribution >= 0.6 is 0 Å². The first-order valence-electron chi connectivity index (χ1n) is 8.79. The molecule has 7 heteroatoms. The van der Waals surface area contributed by atoms with Crippen LogP contribution < -0.4 is 15.4 Å². The second kappa shape index (κ2) is 6.48. The summed E-state index contributed by atoms with van der Waals surface area (Å²) in [5.74, 6) is 3.15. The average molecular weight is 341 g/mol. The van der Waals surface area contributed by atoms with E-state index in [1.807, 2.05) is 40.8 Å². The van der Waals surface area contributed by atoms with Crippen molar-refractivity contribution in [3.8, 4) is 5.75 Å². The summed E-state index contributed by atoms with van der Waals surface area (Å²) in [6.07, 6.45) is 3.52. The third-order valence-corrected chi connectivity index (χ3v) is 5.13. The molecule has 1 aliphatic heterocycles. The number of ether oxygens (including phenoxy) is 1. The number of nitrogens with two attached hydrogens (primary N) is 1. The predicted octanol–water partition coefficient (Wildman–Crippen LogP) is 1.73. The number of benzene rings is 1. The lowest BCUT2D eigenvalue weighted by atomic mass is 9.80. The molecule has 7 nitrogen and oxygen atoms in total. The molecule has 2 aromatic rings. The summed E-state index contributed by atoms with van der Waals surface area (Å²) in [7, 11) is 1.97. The minimum Gasteiger partial charge on any atom is -0.486 e. The zero-order valence-electron chi connectivity index (χ0n) is 14.4. The molecule has 0 bridgehead atoms. The van der Waals surface area contributed by atoms with E-state index >= 15 is 0 Å². The Labute approximate surface area is 146 Å². The van der Waals surface area contributed by atoms with Crippen LogP contribution in [0.4, 0.5) is 5.69 Å². The Bertz CT molecular complexity index is 764. The molecular formula is C18H23N5O2. The molecule has 25 heavy (non-hydrogen) atoms. The molecule has 0 unspecified atom stereocenters. The van der Waals surface area contributed by atoms with Crippen molar-refractivity contribution in [2.24, 2.45) is 12.8 Å². The number of nitrogens with zero attached hydrogens (tertiary/aromatic N) is 4. The molecule has 0 radical (unpaired) electrons. The number of hydrogen-bond acceptors (Lipinski definition) is 5. The van der Waals surface area contributed by atoms with Gasteiger partial charge in [-0.05, 0) is 43.5 Å². The highest BCUT2D eigenvalue weighted by Gasteiger charge is 2.31. The summed E-state index contributed by atoms with van der Waals surface area (Å²) in [6.45, 7) is 1.16. The fraction of sp³-hybridized carbons (Fsp3) is 0.500. The summed E-state index contributed by atoms with van der Waals surface area (Å²) in [4.78, 5) is 13.6. The SMILES string of the molecule is Cn1c(COc2ccc(N3CCCC3=O)cc2)nnc1C1CC(N)C1. The van der Waals surface area contributed by atoms with E-state index < -0.39 is 0 Å². The molecule has 1 aromatic heterocycles. The van der Waals surface area contributed by atoms with Crippen LogP contribution in [0.2, 0.25) is 0 Å². The van der Waals surface area contributed by atoms with Gasteiger partial charge in [-0.25, -0.2) is 0 Å². The van der Waals surface area contributed by atoms with E-state index in [2.05, 4.69) is 10.2 Å². The molecule has 1 aromatic carbocycles. The molecule has 1 amide bonds. The van der Waals surface area contributed by atoms with Crippen LogP contribution in [0.1, 0.15) is 43.3 Å². The van der Waals surface area contributed by atoms with Crippen LogP contribution in [0.15, 0.2) is 24.3 Å². The van der Waals surface area contributed by atoms with Crippen LogP contribution in [0, 0.1) is 0 Å². The topological polar surface area (TPSA) is 86.3 Å². The fourth-order valence-electron chi connectivity index (χ4n) is 3.52. The van der Waals surface area contributed by atoms with E-state index in [0.717, 1.165) is 48.9 Å². The Morgan fingerprint density at radius 2 is 2.00 bits per heavy atom. The van der Waals surface area contributed by atoms with Crippen LogP contribution in [0.3, 0.4) is 0 Å². The van der Waals surface area contributed by atoms with E-state index in [4.69, 9.17) is 10.5 Å². The monoisotopic (exact) mass is 341 g/mol. The van der Waals surface area contributed by atoms with Crippen molar-refractivity contribution in [2.45, 2.75) is 44.2 Å². The first kappa shape index (κ1) is 16.1. The predicted molar refractivity (Wildman–Crippen MR) is 93.3 cm³/mol. The quantitative estimate of drug-likeness (QED) is 0.895. The highest BCUT2D eigenvalue weighted by molar-refractivity contribution is 5.95. The smallest absolute Gasteiger partial charge is 0.227 e. The first-order chi connectivity index (χ1) is 12.1. The van der Waals surface area contributed by atoms with E-state index in [-0.39, 0.29) is 5.91 Å². The summed E-state index contributed by atoms with van der Waals surface area (Å²) >= 11 is 0. The van der Waals surface area contributed by atoms with Gasteiger partial charge in [0.2, 0.25) is 5.91 Å². The lowest BCUT2D eigenvalue weighted by Gasteiger charge is -2.31. The number of rotatable bonds is 5. The Morgan fingerprint density at radius 1 is 1.24 bits per heavy atom. The normalized spacial score (nSPS) is 23.0. The van der Waals surface area contributed by atoms with E-state index in [9.17, 15) is 4.79 Å². The highest BCUT2D eigenvalue weighted by atomic mass is 16.5. The Balaban J connectivity index is 1.38. The number of hydrogen-bond donors (Lipinski definition) is 1. The molecule has 0 spiro atoms. The molecule has 132 valence electrons. The summed E-state index contributed by atoms with van der Waals surface area (Å²) < 4.78 is 7.84.